The summed E-state index contributed by atoms with van der Waals surface area (Å²) in [5, 5.41) is 3.78. The highest BCUT2D eigenvalue weighted by Gasteiger charge is 2.16. The first-order valence-corrected chi connectivity index (χ1v) is 7.58. The minimum atomic E-state index is -0.310. The number of amides is 1. The molecule has 0 aliphatic carbocycles. The van der Waals surface area contributed by atoms with Crippen molar-refractivity contribution in [1.29, 1.82) is 0 Å². The molecule has 24 heavy (non-hydrogen) atoms. The van der Waals surface area contributed by atoms with Crippen LogP contribution in [0.5, 0.6) is 0 Å². The van der Waals surface area contributed by atoms with Crippen LogP contribution in [-0.2, 0) is 6.54 Å². The summed E-state index contributed by atoms with van der Waals surface area (Å²) >= 11 is 0. The molecule has 5 nitrogen and oxygen atoms in total. The van der Waals surface area contributed by atoms with Crippen molar-refractivity contribution in [2.45, 2.75) is 13.5 Å². The Kier molecular flexibility index (Phi) is 4.65. The Balaban J connectivity index is 1.82. The summed E-state index contributed by atoms with van der Waals surface area (Å²) in [7, 11) is 0. The largest absolute Gasteiger partial charge is 0.342 e. The molecule has 0 fully saturated rings. The lowest BCUT2D eigenvalue weighted by Crippen LogP contribution is -2.30. The van der Waals surface area contributed by atoms with E-state index in [0.29, 0.717) is 30.0 Å². The molecular formula is C18H16FN3O2. The second-order valence-electron chi connectivity index (χ2n) is 5.28. The summed E-state index contributed by atoms with van der Waals surface area (Å²) in [5.74, 6) is -0.0139. The van der Waals surface area contributed by atoms with Crippen LogP contribution in [0.3, 0.4) is 0 Å². The number of hydrogen-bond donors (Lipinski definition) is 0. The van der Waals surface area contributed by atoms with Crippen molar-refractivity contribution in [3.8, 4) is 11.4 Å². The average molecular weight is 325 g/mol. The van der Waals surface area contributed by atoms with Gasteiger partial charge in [0.05, 0.1) is 0 Å². The second-order valence-corrected chi connectivity index (χ2v) is 5.28. The molecule has 0 unspecified atom stereocenters. The van der Waals surface area contributed by atoms with Crippen LogP contribution >= 0.6 is 0 Å². The lowest BCUT2D eigenvalue weighted by Gasteiger charge is -2.21. The topological polar surface area (TPSA) is 59.2 Å². The minimum Gasteiger partial charge on any atom is -0.342 e. The van der Waals surface area contributed by atoms with E-state index >= 15 is 0 Å². The molecule has 1 heterocycles. The molecule has 0 spiro atoms. The van der Waals surface area contributed by atoms with E-state index in [2.05, 4.69) is 10.1 Å². The maximum atomic E-state index is 13.3. The van der Waals surface area contributed by atoms with Gasteiger partial charge in [0.1, 0.15) is 5.82 Å². The third-order valence-electron chi connectivity index (χ3n) is 3.66. The van der Waals surface area contributed by atoms with E-state index in [1.165, 1.54) is 18.5 Å². The molecule has 0 saturated heterocycles. The first-order valence-electron chi connectivity index (χ1n) is 7.58. The van der Waals surface area contributed by atoms with Crippen molar-refractivity contribution in [1.82, 2.24) is 15.0 Å². The summed E-state index contributed by atoms with van der Waals surface area (Å²) in [6.45, 7) is 2.75. The van der Waals surface area contributed by atoms with Crippen LogP contribution in [0.25, 0.3) is 11.4 Å². The third-order valence-corrected chi connectivity index (χ3v) is 3.66. The van der Waals surface area contributed by atoms with Crippen molar-refractivity contribution in [2.24, 2.45) is 0 Å². The fourth-order valence-corrected chi connectivity index (χ4v) is 2.45. The van der Waals surface area contributed by atoms with Gasteiger partial charge in [-0.3, -0.25) is 4.79 Å². The molecule has 0 aliphatic heterocycles. The van der Waals surface area contributed by atoms with Gasteiger partial charge in [0.2, 0.25) is 12.2 Å². The van der Waals surface area contributed by atoms with Crippen LogP contribution in [0, 0.1) is 5.82 Å². The van der Waals surface area contributed by atoms with E-state index in [1.54, 1.807) is 35.2 Å². The summed E-state index contributed by atoms with van der Waals surface area (Å²) in [4.78, 5) is 18.4. The number of aromatic nitrogens is 2. The Morgan fingerprint density at radius 2 is 2.04 bits per heavy atom. The highest BCUT2D eigenvalue weighted by molar-refractivity contribution is 5.95. The van der Waals surface area contributed by atoms with E-state index in [-0.39, 0.29) is 11.7 Å². The van der Waals surface area contributed by atoms with Gasteiger partial charge in [0, 0.05) is 24.2 Å². The van der Waals surface area contributed by atoms with Crippen molar-refractivity contribution in [3.63, 3.8) is 0 Å². The lowest BCUT2D eigenvalue weighted by atomic mass is 10.1. The SMILES string of the molecule is CCN(Cc1cccc(F)c1)C(=O)c1cccc(-c2ncon2)c1. The summed E-state index contributed by atoms with van der Waals surface area (Å²) in [5.41, 5.74) is 1.98. The average Bonchev–Trinajstić information content (AvgIpc) is 3.14. The number of rotatable bonds is 5. The van der Waals surface area contributed by atoms with Gasteiger partial charge in [-0.25, -0.2) is 4.39 Å². The minimum absolute atomic E-state index is 0.132. The molecular weight excluding hydrogens is 309 g/mol. The maximum Gasteiger partial charge on any atom is 0.254 e. The fraction of sp³-hybridized carbons (Fsp3) is 0.167. The summed E-state index contributed by atoms with van der Waals surface area (Å²) < 4.78 is 18.1. The van der Waals surface area contributed by atoms with Crippen molar-refractivity contribution in [2.75, 3.05) is 6.54 Å². The highest BCUT2D eigenvalue weighted by Crippen LogP contribution is 2.18. The normalized spacial score (nSPS) is 10.6. The Hall–Kier alpha value is -3.02. The molecule has 0 radical (unpaired) electrons. The molecule has 6 heteroatoms. The Bertz CT molecular complexity index is 834. The fourth-order valence-electron chi connectivity index (χ4n) is 2.45. The van der Waals surface area contributed by atoms with Crippen LogP contribution in [0.1, 0.15) is 22.8 Å². The molecule has 122 valence electrons. The third kappa shape index (κ3) is 3.48. The quantitative estimate of drug-likeness (QED) is 0.720. The molecule has 0 N–H and O–H groups in total. The monoisotopic (exact) mass is 325 g/mol. The van der Waals surface area contributed by atoms with Gasteiger partial charge in [-0.05, 0) is 36.8 Å². The lowest BCUT2D eigenvalue weighted by molar-refractivity contribution is 0.0752. The number of nitrogens with zero attached hydrogens (tertiary/aromatic N) is 3. The van der Waals surface area contributed by atoms with Crippen molar-refractivity contribution >= 4 is 5.91 Å². The standard InChI is InChI=1S/C18H16FN3O2/c1-2-22(11-13-5-3-8-16(19)9-13)18(23)15-7-4-6-14(10-15)17-20-12-24-21-17/h3-10,12H,2,11H2,1H3. The molecule has 1 amide bonds. The van der Waals surface area contributed by atoms with Gasteiger partial charge < -0.3 is 9.42 Å². The first kappa shape index (κ1) is 15.9. The molecule has 0 saturated carbocycles. The van der Waals surface area contributed by atoms with E-state index in [1.807, 2.05) is 13.0 Å². The smallest absolute Gasteiger partial charge is 0.254 e. The second kappa shape index (κ2) is 7.04. The summed E-state index contributed by atoms with van der Waals surface area (Å²) in [6, 6.07) is 13.3. The number of carbonyl (C=O) groups is 1. The van der Waals surface area contributed by atoms with E-state index in [4.69, 9.17) is 4.52 Å². The van der Waals surface area contributed by atoms with Gasteiger partial charge in [-0.15, -0.1) is 0 Å². The predicted octanol–water partition coefficient (Wildman–Crippen LogP) is 3.54. The Morgan fingerprint density at radius 1 is 1.21 bits per heavy atom. The first-order chi connectivity index (χ1) is 11.7. The Morgan fingerprint density at radius 3 is 2.75 bits per heavy atom. The number of hydrogen-bond acceptors (Lipinski definition) is 4. The molecule has 0 bridgehead atoms. The zero-order chi connectivity index (χ0) is 16.9. The number of benzene rings is 2. The molecule has 0 atom stereocenters. The van der Waals surface area contributed by atoms with Gasteiger partial charge >= 0.3 is 0 Å². The number of carbonyl (C=O) groups excluding carboxylic acids is 1. The predicted molar refractivity (Wildman–Crippen MR) is 86.5 cm³/mol. The molecule has 1 aromatic heterocycles. The van der Waals surface area contributed by atoms with E-state index < -0.39 is 0 Å². The van der Waals surface area contributed by atoms with Crippen molar-refractivity contribution < 1.29 is 13.7 Å². The zero-order valence-electron chi connectivity index (χ0n) is 13.1. The number of halogens is 1. The van der Waals surface area contributed by atoms with Crippen LogP contribution in [0.15, 0.2) is 59.4 Å². The van der Waals surface area contributed by atoms with Gasteiger partial charge in [-0.1, -0.05) is 29.4 Å². The van der Waals surface area contributed by atoms with Crippen LogP contribution in [-0.4, -0.2) is 27.5 Å². The zero-order valence-corrected chi connectivity index (χ0v) is 13.1. The van der Waals surface area contributed by atoms with Crippen molar-refractivity contribution in [3.05, 3.63) is 71.9 Å². The van der Waals surface area contributed by atoms with E-state index in [9.17, 15) is 9.18 Å². The molecule has 3 aromatic rings. The van der Waals surface area contributed by atoms with Crippen LogP contribution in [0.4, 0.5) is 4.39 Å². The van der Waals surface area contributed by atoms with Gasteiger partial charge in [0.25, 0.3) is 5.91 Å². The Labute approximate surface area is 138 Å². The highest BCUT2D eigenvalue weighted by atomic mass is 19.1. The molecule has 3 rings (SSSR count). The van der Waals surface area contributed by atoms with Crippen LogP contribution < -0.4 is 0 Å². The summed E-state index contributed by atoms with van der Waals surface area (Å²) in [6.07, 6.45) is 1.24. The molecule has 0 aliphatic rings. The van der Waals surface area contributed by atoms with Gasteiger partial charge in [-0.2, -0.15) is 4.98 Å². The molecule has 2 aromatic carbocycles. The van der Waals surface area contributed by atoms with E-state index in [0.717, 1.165) is 5.56 Å². The van der Waals surface area contributed by atoms with Gasteiger partial charge in [0.15, 0.2) is 0 Å². The van der Waals surface area contributed by atoms with Crippen LogP contribution in [0.2, 0.25) is 0 Å². The maximum absolute atomic E-state index is 13.3.